The molecule has 18 heavy (non-hydrogen) atoms. The Bertz CT molecular complexity index is 565. The SMILES string of the molecule is OCC1CCCc2cnc(-c3cccc(F)c3)n21. The van der Waals surface area contributed by atoms with Crippen LogP contribution in [0.1, 0.15) is 24.6 Å². The van der Waals surface area contributed by atoms with E-state index in [-0.39, 0.29) is 18.5 Å². The van der Waals surface area contributed by atoms with Crippen LogP contribution in [0.3, 0.4) is 0 Å². The van der Waals surface area contributed by atoms with Crippen molar-refractivity contribution < 1.29 is 9.50 Å². The normalized spacial score (nSPS) is 18.7. The molecule has 0 fully saturated rings. The standard InChI is InChI=1S/C14H15FN2O/c15-11-4-1-3-10(7-11)14-16-8-12-5-2-6-13(9-18)17(12)14/h1,3-4,7-8,13,18H,2,5-6,9H2. The van der Waals surface area contributed by atoms with Crippen LogP contribution in [-0.2, 0) is 6.42 Å². The van der Waals surface area contributed by atoms with Gasteiger partial charge in [0.2, 0.25) is 0 Å². The van der Waals surface area contributed by atoms with Crippen molar-refractivity contribution in [2.45, 2.75) is 25.3 Å². The van der Waals surface area contributed by atoms with E-state index in [0.29, 0.717) is 0 Å². The molecular formula is C14H15FN2O. The lowest BCUT2D eigenvalue weighted by atomic mass is 10.0. The first-order chi connectivity index (χ1) is 8.79. The largest absolute Gasteiger partial charge is 0.394 e. The number of rotatable bonds is 2. The third-order valence-electron chi connectivity index (χ3n) is 3.50. The van der Waals surface area contributed by atoms with E-state index in [1.54, 1.807) is 6.07 Å². The van der Waals surface area contributed by atoms with E-state index in [1.165, 1.54) is 12.1 Å². The number of aryl methyl sites for hydroxylation is 1. The summed E-state index contributed by atoms with van der Waals surface area (Å²) in [7, 11) is 0. The molecule has 0 spiro atoms. The van der Waals surface area contributed by atoms with Gasteiger partial charge in [-0.25, -0.2) is 9.37 Å². The minimum Gasteiger partial charge on any atom is -0.394 e. The number of aliphatic hydroxyl groups is 1. The number of benzene rings is 1. The van der Waals surface area contributed by atoms with Crippen molar-refractivity contribution in [3.05, 3.63) is 42.0 Å². The van der Waals surface area contributed by atoms with E-state index >= 15 is 0 Å². The monoisotopic (exact) mass is 246 g/mol. The minimum absolute atomic E-state index is 0.0644. The van der Waals surface area contributed by atoms with Gasteiger partial charge in [0.25, 0.3) is 0 Å². The third-order valence-corrected chi connectivity index (χ3v) is 3.50. The predicted molar refractivity (Wildman–Crippen MR) is 66.7 cm³/mol. The molecule has 0 saturated carbocycles. The second-order valence-electron chi connectivity index (χ2n) is 4.68. The molecule has 0 saturated heterocycles. The van der Waals surface area contributed by atoms with Crippen molar-refractivity contribution in [3.63, 3.8) is 0 Å². The molecule has 1 N–H and O–H groups in total. The van der Waals surface area contributed by atoms with Crippen LogP contribution in [0.5, 0.6) is 0 Å². The maximum atomic E-state index is 13.3. The van der Waals surface area contributed by atoms with Gasteiger partial charge in [-0.1, -0.05) is 12.1 Å². The topological polar surface area (TPSA) is 38.1 Å². The molecule has 1 atom stereocenters. The Morgan fingerprint density at radius 3 is 3.11 bits per heavy atom. The van der Waals surface area contributed by atoms with Crippen LogP contribution in [-0.4, -0.2) is 21.3 Å². The highest BCUT2D eigenvalue weighted by Gasteiger charge is 2.23. The number of halogens is 1. The summed E-state index contributed by atoms with van der Waals surface area (Å²) in [5.41, 5.74) is 1.89. The Morgan fingerprint density at radius 1 is 1.44 bits per heavy atom. The molecule has 3 rings (SSSR count). The van der Waals surface area contributed by atoms with Crippen molar-refractivity contribution in [3.8, 4) is 11.4 Å². The Morgan fingerprint density at radius 2 is 2.33 bits per heavy atom. The zero-order valence-corrected chi connectivity index (χ0v) is 10.0. The van der Waals surface area contributed by atoms with E-state index in [9.17, 15) is 9.50 Å². The van der Waals surface area contributed by atoms with Crippen molar-refractivity contribution in [1.29, 1.82) is 0 Å². The fraction of sp³-hybridized carbons (Fsp3) is 0.357. The van der Waals surface area contributed by atoms with Gasteiger partial charge in [-0.15, -0.1) is 0 Å². The first kappa shape index (κ1) is 11.4. The lowest BCUT2D eigenvalue weighted by Gasteiger charge is -2.25. The van der Waals surface area contributed by atoms with Gasteiger partial charge in [-0.2, -0.15) is 0 Å². The fourth-order valence-electron chi connectivity index (χ4n) is 2.65. The molecule has 0 aliphatic carbocycles. The Kier molecular flexibility index (Phi) is 2.88. The van der Waals surface area contributed by atoms with Crippen LogP contribution in [0.15, 0.2) is 30.5 Å². The summed E-state index contributed by atoms with van der Waals surface area (Å²) in [4.78, 5) is 4.39. The lowest BCUT2D eigenvalue weighted by Crippen LogP contribution is -2.21. The summed E-state index contributed by atoms with van der Waals surface area (Å²) in [5.74, 6) is 0.490. The quantitative estimate of drug-likeness (QED) is 0.884. The maximum absolute atomic E-state index is 13.3. The van der Waals surface area contributed by atoms with E-state index in [2.05, 4.69) is 9.55 Å². The molecule has 1 aromatic carbocycles. The number of imidazole rings is 1. The number of hydrogen-bond acceptors (Lipinski definition) is 2. The third kappa shape index (κ3) is 1.82. The minimum atomic E-state index is -0.263. The summed E-state index contributed by atoms with van der Waals surface area (Å²) in [6.45, 7) is 0.103. The average Bonchev–Trinajstić information content (AvgIpc) is 2.82. The number of nitrogens with zero attached hydrogens (tertiary/aromatic N) is 2. The van der Waals surface area contributed by atoms with Crippen LogP contribution in [0.4, 0.5) is 4.39 Å². The number of aliphatic hydroxyl groups excluding tert-OH is 1. The molecule has 3 nitrogen and oxygen atoms in total. The fourth-order valence-corrected chi connectivity index (χ4v) is 2.65. The summed E-state index contributed by atoms with van der Waals surface area (Å²) < 4.78 is 15.3. The van der Waals surface area contributed by atoms with Gasteiger partial charge in [0, 0.05) is 17.5 Å². The average molecular weight is 246 g/mol. The van der Waals surface area contributed by atoms with E-state index in [0.717, 1.165) is 36.3 Å². The molecule has 0 radical (unpaired) electrons. The predicted octanol–water partition coefficient (Wildman–Crippen LogP) is 2.56. The number of hydrogen-bond donors (Lipinski definition) is 1. The van der Waals surface area contributed by atoms with Crippen molar-refractivity contribution in [1.82, 2.24) is 9.55 Å². The van der Waals surface area contributed by atoms with E-state index in [4.69, 9.17) is 0 Å². The highest BCUT2D eigenvalue weighted by Crippen LogP contribution is 2.31. The highest BCUT2D eigenvalue weighted by atomic mass is 19.1. The van der Waals surface area contributed by atoms with Gasteiger partial charge in [0.05, 0.1) is 12.6 Å². The summed E-state index contributed by atoms with van der Waals surface area (Å²) >= 11 is 0. The van der Waals surface area contributed by atoms with E-state index in [1.807, 2.05) is 12.3 Å². The summed E-state index contributed by atoms with van der Waals surface area (Å²) in [6, 6.07) is 6.51. The van der Waals surface area contributed by atoms with Gasteiger partial charge in [-0.05, 0) is 31.4 Å². The maximum Gasteiger partial charge on any atom is 0.140 e. The molecular weight excluding hydrogens is 231 g/mol. The van der Waals surface area contributed by atoms with Crippen LogP contribution >= 0.6 is 0 Å². The smallest absolute Gasteiger partial charge is 0.140 e. The van der Waals surface area contributed by atoms with Crippen molar-refractivity contribution in [2.75, 3.05) is 6.61 Å². The van der Waals surface area contributed by atoms with Crippen LogP contribution < -0.4 is 0 Å². The number of aromatic nitrogens is 2. The molecule has 2 heterocycles. The molecule has 0 amide bonds. The number of fused-ring (bicyclic) bond motifs is 1. The molecule has 2 aromatic rings. The molecule has 1 aliphatic rings. The zero-order chi connectivity index (χ0) is 12.5. The first-order valence-corrected chi connectivity index (χ1v) is 6.22. The van der Waals surface area contributed by atoms with Gasteiger partial charge < -0.3 is 9.67 Å². The van der Waals surface area contributed by atoms with Crippen LogP contribution in [0.2, 0.25) is 0 Å². The molecule has 94 valence electrons. The Labute approximate surface area is 105 Å². The molecule has 4 heteroatoms. The Balaban J connectivity index is 2.11. The highest BCUT2D eigenvalue weighted by molar-refractivity contribution is 5.56. The molecule has 0 bridgehead atoms. The van der Waals surface area contributed by atoms with Gasteiger partial charge in [0.1, 0.15) is 11.6 Å². The summed E-state index contributed by atoms with van der Waals surface area (Å²) in [5, 5.41) is 9.46. The van der Waals surface area contributed by atoms with Gasteiger partial charge >= 0.3 is 0 Å². The van der Waals surface area contributed by atoms with Gasteiger partial charge in [-0.3, -0.25) is 0 Å². The van der Waals surface area contributed by atoms with Crippen molar-refractivity contribution >= 4 is 0 Å². The first-order valence-electron chi connectivity index (χ1n) is 6.22. The van der Waals surface area contributed by atoms with Crippen LogP contribution in [0.25, 0.3) is 11.4 Å². The van der Waals surface area contributed by atoms with Gasteiger partial charge in [0.15, 0.2) is 0 Å². The van der Waals surface area contributed by atoms with Crippen LogP contribution in [0, 0.1) is 5.82 Å². The van der Waals surface area contributed by atoms with E-state index < -0.39 is 0 Å². The Hall–Kier alpha value is -1.68. The lowest BCUT2D eigenvalue weighted by molar-refractivity contribution is 0.208. The van der Waals surface area contributed by atoms with Crippen molar-refractivity contribution in [2.24, 2.45) is 0 Å². The second-order valence-corrected chi connectivity index (χ2v) is 4.68. The summed E-state index contributed by atoms with van der Waals surface area (Å²) in [6.07, 6.45) is 4.82. The zero-order valence-electron chi connectivity index (χ0n) is 10.0. The molecule has 1 aromatic heterocycles. The second kappa shape index (κ2) is 4.53. The molecule has 1 unspecified atom stereocenters. The molecule has 1 aliphatic heterocycles.